The standard InChI is InChI=1S/C14H16NO7S.Pa/c1-18-11-4-8-10(5-12(11)19-2)20-6-9-13(22-15-14(8)9)7-21-23(3,16)17;/h4-5,9,13H,3,6-7H2,1-2H3;/q-1;. The third-order valence-electron chi connectivity index (χ3n) is 3.68. The minimum absolute atomic E-state index is 0. The van der Waals surface area contributed by atoms with E-state index in [1.54, 1.807) is 19.2 Å². The molecule has 0 aliphatic carbocycles. The molecule has 2 aliphatic rings. The van der Waals surface area contributed by atoms with Crippen molar-refractivity contribution in [3.05, 3.63) is 24.0 Å². The Hall–Kier alpha value is -0.909. The molecule has 129 valence electrons. The van der Waals surface area contributed by atoms with Crippen molar-refractivity contribution in [2.24, 2.45) is 11.1 Å². The molecular weight excluding hydrogens is 557 g/mol. The van der Waals surface area contributed by atoms with Gasteiger partial charge in [-0.05, 0) is 6.07 Å². The molecular formula is C14H16NO7PaS-. The molecule has 24 heavy (non-hydrogen) atoms. The maximum Gasteiger partial charge on any atom is 0.164 e. The van der Waals surface area contributed by atoms with Crippen LogP contribution in [0, 0.1) is 44.5 Å². The van der Waals surface area contributed by atoms with Crippen LogP contribution in [0.25, 0.3) is 0 Å². The van der Waals surface area contributed by atoms with Crippen LogP contribution in [0.5, 0.6) is 17.2 Å². The van der Waals surface area contributed by atoms with Crippen LogP contribution in [0.4, 0.5) is 0 Å². The Morgan fingerprint density at radius 3 is 2.58 bits per heavy atom. The predicted molar refractivity (Wildman–Crippen MR) is 80.2 cm³/mol. The number of benzene rings is 1. The minimum atomic E-state index is -3.79. The first kappa shape index (κ1) is 19.4. The van der Waals surface area contributed by atoms with Crippen molar-refractivity contribution in [1.82, 2.24) is 0 Å². The normalized spacial score (nSPS) is 21.4. The van der Waals surface area contributed by atoms with Gasteiger partial charge in [-0.2, -0.15) is 6.26 Å². The van der Waals surface area contributed by atoms with Crippen LogP contribution in [0.3, 0.4) is 0 Å². The number of methoxy groups -OCH3 is 2. The van der Waals surface area contributed by atoms with E-state index < -0.39 is 16.2 Å². The molecule has 10 heteroatoms. The molecule has 2 heterocycles. The van der Waals surface area contributed by atoms with Crippen molar-refractivity contribution in [1.29, 1.82) is 0 Å². The Labute approximate surface area is 165 Å². The monoisotopic (exact) mass is 573 g/mol. The molecule has 8 nitrogen and oxygen atoms in total. The molecule has 2 atom stereocenters. The second kappa shape index (κ2) is 7.54. The van der Waals surface area contributed by atoms with Gasteiger partial charge in [-0.25, -0.2) is 8.42 Å². The third-order valence-corrected chi connectivity index (χ3v) is 4.17. The second-order valence-corrected chi connectivity index (χ2v) is 6.43. The molecule has 2 aliphatic heterocycles. The van der Waals surface area contributed by atoms with E-state index in [4.69, 9.17) is 23.2 Å². The number of nitrogens with zero attached hydrogens (tertiary/aromatic N) is 1. The fourth-order valence-corrected chi connectivity index (χ4v) is 2.90. The van der Waals surface area contributed by atoms with Gasteiger partial charge in [0.15, 0.2) is 17.6 Å². The van der Waals surface area contributed by atoms with E-state index in [0.29, 0.717) is 29.6 Å². The van der Waals surface area contributed by atoms with Crippen LogP contribution in [0.2, 0.25) is 0 Å². The molecule has 0 bridgehead atoms. The number of rotatable bonds is 5. The van der Waals surface area contributed by atoms with Crippen molar-refractivity contribution < 1.29 is 64.0 Å². The predicted octanol–water partition coefficient (Wildman–Crippen LogP) is 0.953. The van der Waals surface area contributed by atoms with Crippen LogP contribution in [0.15, 0.2) is 17.3 Å². The van der Waals surface area contributed by atoms with Crippen molar-refractivity contribution in [2.75, 3.05) is 27.4 Å². The van der Waals surface area contributed by atoms with Gasteiger partial charge in [0.1, 0.15) is 34.8 Å². The molecule has 3 rings (SSSR count). The van der Waals surface area contributed by atoms with Crippen LogP contribution >= 0.6 is 0 Å². The SMILES string of the molecule is [CH2-]S(=O)(=O)OCC1ON=C2c3cc(OC)c(OC)cc3OCC21.[Pa]. The topological polar surface area (TPSA) is 92.7 Å². The smallest absolute Gasteiger partial charge is 0.164 e. The molecule has 1 aromatic carbocycles. The Kier molecular flexibility index (Phi) is 6.10. The van der Waals surface area contributed by atoms with Crippen molar-refractivity contribution in [2.45, 2.75) is 6.10 Å². The van der Waals surface area contributed by atoms with Gasteiger partial charge in [-0.3, -0.25) is 4.18 Å². The molecule has 0 saturated carbocycles. The van der Waals surface area contributed by atoms with Crippen molar-refractivity contribution in [3.63, 3.8) is 0 Å². The Morgan fingerprint density at radius 1 is 1.29 bits per heavy atom. The van der Waals surface area contributed by atoms with Gasteiger partial charge < -0.3 is 19.0 Å². The van der Waals surface area contributed by atoms with Crippen LogP contribution in [0.1, 0.15) is 5.56 Å². The number of hydrogen-bond donors (Lipinski definition) is 0. The molecule has 0 N–H and O–H groups in total. The zero-order chi connectivity index (χ0) is 16.6. The second-order valence-electron chi connectivity index (χ2n) is 5.08. The minimum Gasteiger partial charge on any atom is -0.493 e. The summed E-state index contributed by atoms with van der Waals surface area (Å²) in [5.74, 6) is 1.46. The van der Waals surface area contributed by atoms with Crippen LogP contribution in [-0.2, 0) is 19.1 Å². The van der Waals surface area contributed by atoms with Gasteiger partial charge in [0, 0.05) is 43.9 Å². The molecule has 0 spiro atoms. The molecule has 0 aromatic heterocycles. The van der Waals surface area contributed by atoms with Crippen molar-refractivity contribution >= 4 is 15.8 Å². The zero-order valence-corrected chi connectivity index (χ0v) is 18.8. The molecule has 1 aromatic rings. The summed E-state index contributed by atoms with van der Waals surface area (Å²) >= 11 is 0. The van der Waals surface area contributed by atoms with E-state index >= 15 is 0 Å². The zero-order valence-electron chi connectivity index (χ0n) is 13.2. The van der Waals surface area contributed by atoms with Crippen molar-refractivity contribution in [3.8, 4) is 17.2 Å². The Morgan fingerprint density at radius 2 is 1.96 bits per heavy atom. The van der Waals surface area contributed by atoms with E-state index in [1.807, 2.05) is 0 Å². The molecule has 2 unspecified atom stereocenters. The molecule has 0 saturated heterocycles. The van der Waals surface area contributed by atoms with E-state index in [0.717, 1.165) is 5.56 Å². The first-order valence-electron chi connectivity index (χ1n) is 6.78. The van der Waals surface area contributed by atoms with E-state index in [2.05, 4.69) is 11.4 Å². The third kappa shape index (κ3) is 3.84. The number of ether oxygens (including phenoxy) is 3. The number of fused-ring (bicyclic) bond motifs is 3. The molecule has 1 radical (unpaired) electrons. The van der Waals surface area contributed by atoms with Gasteiger partial charge in [0.05, 0.1) is 20.1 Å². The van der Waals surface area contributed by atoms with E-state index in [1.165, 1.54) is 7.11 Å². The average molecular weight is 573 g/mol. The molecule has 0 amide bonds. The van der Waals surface area contributed by atoms with E-state index in [-0.39, 0.29) is 44.8 Å². The average Bonchev–Trinajstić information content (AvgIpc) is 2.94. The summed E-state index contributed by atoms with van der Waals surface area (Å²) in [5.41, 5.74) is 1.39. The fourth-order valence-electron chi connectivity index (χ4n) is 2.55. The van der Waals surface area contributed by atoms with Gasteiger partial charge in [0.25, 0.3) is 0 Å². The fraction of sp³-hybridized carbons (Fsp3) is 0.429. The summed E-state index contributed by atoms with van der Waals surface area (Å²) in [6.07, 6.45) is 2.36. The van der Waals surface area contributed by atoms with Gasteiger partial charge in [-0.15, -0.1) is 0 Å². The number of hydrogen-bond acceptors (Lipinski definition) is 8. The summed E-state index contributed by atoms with van der Waals surface area (Å²) in [6, 6.07) is 3.47. The summed E-state index contributed by atoms with van der Waals surface area (Å²) in [7, 11) is -0.712. The maximum atomic E-state index is 11.0. The largest absolute Gasteiger partial charge is 0.493 e. The quantitative estimate of drug-likeness (QED) is 0.383. The first-order chi connectivity index (χ1) is 10.9. The summed E-state index contributed by atoms with van der Waals surface area (Å²) in [6.45, 7) is 0.127. The number of oxime groups is 1. The Balaban J connectivity index is 0.00000208. The molecule has 0 fully saturated rings. The van der Waals surface area contributed by atoms with Crippen LogP contribution < -0.4 is 14.2 Å². The Bertz CT molecular complexity index is 750. The van der Waals surface area contributed by atoms with Gasteiger partial charge >= 0.3 is 0 Å². The van der Waals surface area contributed by atoms with Gasteiger partial charge in [0.2, 0.25) is 0 Å². The van der Waals surface area contributed by atoms with E-state index in [9.17, 15) is 8.42 Å². The van der Waals surface area contributed by atoms with Crippen LogP contribution in [-0.4, -0.2) is 47.7 Å². The first-order valence-corrected chi connectivity index (χ1v) is 8.36. The van der Waals surface area contributed by atoms with Gasteiger partial charge in [-0.1, -0.05) is 5.16 Å². The maximum absolute atomic E-state index is 11.0. The summed E-state index contributed by atoms with van der Waals surface area (Å²) < 4.78 is 43.0. The summed E-state index contributed by atoms with van der Waals surface area (Å²) in [5, 5.41) is 4.06. The summed E-state index contributed by atoms with van der Waals surface area (Å²) in [4.78, 5) is 5.30.